The van der Waals surface area contributed by atoms with Gasteiger partial charge in [0.1, 0.15) is 0 Å². The van der Waals surface area contributed by atoms with Crippen LogP contribution in [0.2, 0.25) is 0 Å². The normalized spacial score (nSPS) is 34.9. The van der Waals surface area contributed by atoms with E-state index in [-0.39, 0.29) is 0 Å². The maximum absolute atomic E-state index is 2.51. The van der Waals surface area contributed by atoms with E-state index in [1.807, 2.05) is 0 Å². The van der Waals surface area contributed by atoms with Crippen molar-refractivity contribution in [3.8, 4) is 0 Å². The minimum Gasteiger partial charge on any atom is -0.0649 e. The molecule has 0 bridgehead atoms. The molecule has 0 nitrogen and oxygen atoms in total. The summed E-state index contributed by atoms with van der Waals surface area (Å²) in [6.45, 7) is 14.7. The molecule has 1 aliphatic carbocycles. The minimum absolute atomic E-state index is 0.547. The molecule has 96 valence electrons. The summed E-state index contributed by atoms with van der Waals surface area (Å²) in [6.07, 6.45) is 9.81. The predicted molar refractivity (Wildman–Crippen MR) is 73.7 cm³/mol. The molecule has 1 unspecified atom stereocenters. The van der Waals surface area contributed by atoms with E-state index < -0.39 is 0 Å². The molecule has 1 saturated carbocycles. The molecule has 0 aliphatic heterocycles. The van der Waals surface area contributed by atoms with Gasteiger partial charge in [-0.15, -0.1) is 0 Å². The highest BCUT2D eigenvalue weighted by atomic mass is 14.4. The molecule has 1 aliphatic rings. The second-order valence-electron chi connectivity index (χ2n) is 8.02. The zero-order valence-corrected chi connectivity index (χ0v) is 12.4. The van der Waals surface area contributed by atoms with Crippen molar-refractivity contribution >= 4 is 0 Å². The van der Waals surface area contributed by atoms with E-state index in [0.717, 1.165) is 0 Å². The first-order valence-corrected chi connectivity index (χ1v) is 7.18. The molecule has 1 rings (SSSR count). The van der Waals surface area contributed by atoms with Crippen molar-refractivity contribution in [2.75, 3.05) is 0 Å². The molecule has 0 aromatic carbocycles. The SMILES string of the molecule is CCC1(C)CCC(C)(C)CCCC(C)(C)C1. The molecule has 0 aromatic heterocycles. The van der Waals surface area contributed by atoms with Crippen LogP contribution in [0.15, 0.2) is 0 Å². The van der Waals surface area contributed by atoms with Crippen LogP contribution < -0.4 is 0 Å². The van der Waals surface area contributed by atoms with Crippen LogP contribution in [0.5, 0.6) is 0 Å². The van der Waals surface area contributed by atoms with Crippen LogP contribution in [0.25, 0.3) is 0 Å². The smallest absolute Gasteiger partial charge is 0.0323 e. The molecule has 0 aromatic rings. The zero-order chi connectivity index (χ0) is 12.4. The van der Waals surface area contributed by atoms with Crippen LogP contribution in [-0.4, -0.2) is 0 Å². The molecule has 0 spiro atoms. The highest BCUT2D eigenvalue weighted by Gasteiger charge is 2.34. The standard InChI is InChI=1S/C16H32/c1-7-16(6)12-11-14(2,3)9-8-10-15(4,5)13-16/h7-13H2,1-6H3. The van der Waals surface area contributed by atoms with Gasteiger partial charge in [0.15, 0.2) is 0 Å². The molecule has 0 heteroatoms. The summed E-state index contributed by atoms with van der Waals surface area (Å²) >= 11 is 0. The average molecular weight is 224 g/mol. The molecular weight excluding hydrogens is 192 g/mol. The summed E-state index contributed by atoms with van der Waals surface area (Å²) in [4.78, 5) is 0. The molecule has 0 heterocycles. The Hall–Kier alpha value is 0. The Morgan fingerprint density at radius 2 is 1.31 bits per heavy atom. The van der Waals surface area contributed by atoms with Crippen LogP contribution in [0, 0.1) is 16.2 Å². The Bertz CT molecular complexity index is 224. The Kier molecular flexibility index (Phi) is 4.13. The van der Waals surface area contributed by atoms with Gasteiger partial charge < -0.3 is 0 Å². The Morgan fingerprint density at radius 1 is 0.750 bits per heavy atom. The first-order valence-electron chi connectivity index (χ1n) is 7.18. The molecule has 0 radical (unpaired) electrons. The van der Waals surface area contributed by atoms with Crippen LogP contribution in [0.4, 0.5) is 0 Å². The van der Waals surface area contributed by atoms with E-state index in [1.54, 1.807) is 0 Å². The maximum Gasteiger partial charge on any atom is -0.0323 e. The van der Waals surface area contributed by atoms with Crippen LogP contribution in [-0.2, 0) is 0 Å². The molecule has 0 amide bonds. The Balaban J connectivity index is 2.81. The molecule has 1 fully saturated rings. The summed E-state index contributed by atoms with van der Waals surface area (Å²) in [5, 5.41) is 0. The lowest BCUT2D eigenvalue weighted by molar-refractivity contribution is 0.144. The molecule has 1 atom stereocenters. The lowest BCUT2D eigenvalue weighted by Crippen LogP contribution is -2.25. The molecule has 0 N–H and O–H groups in total. The van der Waals surface area contributed by atoms with Crippen molar-refractivity contribution in [2.24, 2.45) is 16.2 Å². The second-order valence-corrected chi connectivity index (χ2v) is 8.02. The van der Waals surface area contributed by atoms with Gasteiger partial charge in [-0.05, 0) is 48.3 Å². The average Bonchev–Trinajstić information content (AvgIpc) is 2.16. The van der Waals surface area contributed by atoms with Gasteiger partial charge in [0.25, 0.3) is 0 Å². The lowest BCUT2D eigenvalue weighted by Gasteiger charge is -2.37. The zero-order valence-electron chi connectivity index (χ0n) is 12.4. The summed E-state index contributed by atoms with van der Waals surface area (Å²) < 4.78 is 0. The van der Waals surface area contributed by atoms with Crippen molar-refractivity contribution in [2.45, 2.75) is 86.5 Å². The highest BCUT2D eigenvalue weighted by molar-refractivity contribution is 4.86. The number of hydrogen-bond donors (Lipinski definition) is 0. The van der Waals surface area contributed by atoms with E-state index in [4.69, 9.17) is 0 Å². The molecule has 0 saturated heterocycles. The Morgan fingerprint density at radius 3 is 1.88 bits per heavy atom. The lowest BCUT2D eigenvalue weighted by atomic mass is 9.68. The summed E-state index contributed by atoms with van der Waals surface area (Å²) in [5.74, 6) is 0. The topological polar surface area (TPSA) is 0 Å². The first-order chi connectivity index (χ1) is 7.18. The van der Waals surface area contributed by atoms with Gasteiger partial charge in [-0.25, -0.2) is 0 Å². The highest BCUT2D eigenvalue weighted by Crippen LogP contribution is 2.47. The van der Waals surface area contributed by atoms with Crippen molar-refractivity contribution in [3.63, 3.8) is 0 Å². The van der Waals surface area contributed by atoms with Crippen LogP contribution in [0.1, 0.15) is 86.5 Å². The van der Waals surface area contributed by atoms with Crippen molar-refractivity contribution < 1.29 is 0 Å². The first kappa shape index (κ1) is 14.1. The van der Waals surface area contributed by atoms with Gasteiger partial charge in [0, 0.05) is 0 Å². The third-order valence-electron chi connectivity index (χ3n) is 4.87. The van der Waals surface area contributed by atoms with E-state index >= 15 is 0 Å². The monoisotopic (exact) mass is 224 g/mol. The van der Waals surface area contributed by atoms with Crippen molar-refractivity contribution in [3.05, 3.63) is 0 Å². The van der Waals surface area contributed by atoms with Gasteiger partial charge in [-0.3, -0.25) is 0 Å². The fraction of sp³-hybridized carbons (Fsp3) is 1.00. The predicted octanol–water partition coefficient (Wildman–Crippen LogP) is 5.81. The van der Waals surface area contributed by atoms with E-state index in [1.165, 1.54) is 44.9 Å². The fourth-order valence-electron chi connectivity index (χ4n) is 3.44. The summed E-state index contributed by atoms with van der Waals surface area (Å²) in [7, 11) is 0. The molecular formula is C16H32. The fourth-order valence-corrected chi connectivity index (χ4v) is 3.44. The quantitative estimate of drug-likeness (QED) is 0.527. The van der Waals surface area contributed by atoms with E-state index in [0.29, 0.717) is 16.2 Å². The minimum atomic E-state index is 0.547. The van der Waals surface area contributed by atoms with Gasteiger partial charge >= 0.3 is 0 Å². The third-order valence-corrected chi connectivity index (χ3v) is 4.87. The van der Waals surface area contributed by atoms with Gasteiger partial charge in [0.2, 0.25) is 0 Å². The largest absolute Gasteiger partial charge is 0.0649 e. The maximum atomic E-state index is 2.51. The van der Waals surface area contributed by atoms with Crippen LogP contribution in [0.3, 0.4) is 0 Å². The number of hydrogen-bond acceptors (Lipinski definition) is 0. The van der Waals surface area contributed by atoms with E-state index in [2.05, 4.69) is 41.5 Å². The van der Waals surface area contributed by atoms with Crippen molar-refractivity contribution in [1.29, 1.82) is 0 Å². The van der Waals surface area contributed by atoms with Gasteiger partial charge in [-0.2, -0.15) is 0 Å². The third kappa shape index (κ3) is 4.11. The van der Waals surface area contributed by atoms with Gasteiger partial charge in [-0.1, -0.05) is 54.4 Å². The van der Waals surface area contributed by atoms with Gasteiger partial charge in [0.05, 0.1) is 0 Å². The van der Waals surface area contributed by atoms with Crippen LogP contribution >= 0.6 is 0 Å². The van der Waals surface area contributed by atoms with Crippen molar-refractivity contribution in [1.82, 2.24) is 0 Å². The number of rotatable bonds is 1. The van der Waals surface area contributed by atoms with E-state index in [9.17, 15) is 0 Å². The molecule has 16 heavy (non-hydrogen) atoms. The summed E-state index contributed by atoms with van der Waals surface area (Å²) in [6, 6.07) is 0. The second kappa shape index (κ2) is 4.70. The summed E-state index contributed by atoms with van der Waals surface area (Å²) in [5.41, 5.74) is 1.69. The Labute approximate surface area is 103 Å².